The average molecular weight is 300 g/mol. The maximum Gasteiger partial charge on any atom is 0.322 e. The molecule has 22 heavy (non-hydrogen) atoms. The molecule has 0 radical (unpaired) electrons. The zero-order chi connectivity index (χ0) is 15.7. The van der Waals surface area contributed by atoms with Gasteiger partial charge in [0.05, 0.1) is 4.92 Å². The number of aromatic amines is 1. The normalized spacial score (nSPS) is 13.9. The van der Waals surface area contributed by atoms with E-state index in [1.807, 2.05) is 30.3 Å². The van der Waals surface area contributed by atoms with Gasteiger partial charge in [-0.1, -0.05) is 30.3 Å². The Kier molecular flexibility index (Phi) is 3.62. The minimum absolute atomic E-state index is 0.106. The van der Waals surface area contributed by atoms with Crippen LogP contribution >= 0.6 is 0 Å². The van der Waals surface area contributed by atoms with Crippen LogP contribution in [0, 0.1) is 17.0 Å². The van der Waals surface area contributed by atoms with Gasteiger partial charge in [-0.25, -0.2) is 0 Å². The van der Waals surface area contributed by atoms with Gasteiger partial charge >= 0.3 is 5.69 Å². The predicted octanol–water partition coefficient (Wildman–Crippen LogP) is 2.43. The lowest BCUT2D eigenvalue weighted by Crippen LogP contribution is -2.33. The Morgan fingerprint density at radius 2 is 2.09 bits per heavy atom. The minimum atomic E-state index is -0.556. The summed E-state index contributed by atoms with van der Waals surface area (Å²) in [5.41, 5.74) is 0.954. The molecule has 114 valence electrons. The van der Waals surface area contributed by atoms with Crippen LogP contribution in [0.15, 0.2) is 30.3 Å². The second kappa shape index (κ2) is 5.59. The van der Waals surface area contributed by atoms with Crippen LogP contribution in [0.3, 0.4) is 0 Å². The Morgan fingerprint density at radius 3 is 2.68 bits per heavy atom. The molecule has 1 N–H and O–H groups in total. The van der Waals surface area contributed by atoms with Crippen LogP contribution in [-0.2, 0) is 6.54 Å². The van der Waals surface area contributed by atoms with E-state index in [9.17, 15) is 14.9 Å². The number of aromatic nitrogens is 2. The second-order valence-electron chi connectivity index (χ2n) is 5.45. The van der Waals surface area contributed by atoms with Gasteiger partial charge in [0.2, 0.25) is 5.69 Å². The topological polar surface area (TPSA) is 92.1 Å². The van der Waals surface area contributed by atoms with Gasteiger partial charge in [0, 0.05) is 12.6 Å². The largest absolute Gasteiger partial charge is 0.330 e. The van der Waals surface area contributed by atoms with Crippen LogP contribution in [0.25, 0.3) is 0 Å². The number of H-pyrrole nitrogens is 1. The van der Waals surface area contributed by atoms with E-state index in [4.69, 9.17) is 0 Å². The molecule has 2 aromatic rings. The third-order valence-corrected chi connectivity index (χ3v) is 3.74. The first-order valence-electron chi connectivity index (χ1n) is 7.12. The van der Waals surface area contributed by atoms with E-state index >= 15 is 0 Å². The summed E-state index contributed by atoms with van der Waals surface area (Å²) >= 11 is 0. The van der Waals surface area contributed by atoms with Gasteiger partial charge in [0.1, 0.15) is 5.69 Å². The van der Waals surface area contributed by atoms with Crippen molar-refractivity contribution in [2.75, 3.05) is 0 Å². The van der Waals surface area contributed by atoms with E-state index < -0.39 is 4.92 Å². The molecular weight excluding hydrogens is 284 g/mol. The average Bonchev–Trinajstić information content (AvgIpc) is 3.27. The quantitative estimate of drug-likeness (QED) is 0.678. The van der Waals surface area contributed by atoms with Crippen LogP contribution in [-0.4, -0.2) is 32.0 Å². The maximum absolute atomic E-state index is 12.7. The number of benzene rings is 1. The van der Waals surface area contributed by atoms with E-state index in [1.165, 1.54) is 0 Å². The Hall–Kier alpha value is -2.70. The van der Waals surface area contributed by atoms with Crippen molar-refractivity contribution in [3.05, 3.63) is 57.4 Å². The van der Waals surface area contributed by atoms with Crippen molar-refractivity contribution >= 4 is 11.6 Å². The lowest BCUT2D eigenvalue weighted by atomic mass is 10.2. The minimum Gasteiger partial charge on any atom is -0.330 e. The molecule has 1 saturated carbocycles. The molecule has 1 aliphatic carbocycles. The second-order valence-corrected chi connectivity index (χ2v) is 5.45. The molecular formula is C15H16N4O3. The molecule has 0 saturated heterocycles. The highest BCUT2D eigenvalue weighted by molar-refractivity contribution is 5.96. The Morgan fingerprint density at radius 1 is 1.41 bits per heavy atom. The van der Waals surface area contributed by atoms with Gasteiger partial charge in [-0.2, -0.15) is 5.10 Å². The summed E-state index contributed by atoms with van der Waals surface area (Å²) in [4.78, 5) is 25.0. The fourth-order valence-corrected chi connectivity index (χ4v) is 2.46. The summed E-state index contributed by atoms with van der Waals surface area (Å²) in [6.45, 7) is 1.98. The molecule has 7 heteroatoms. The number of carbonyl (C=O) groups is 1. The van der Waals surface area contributed by atoms with Crippen molar-refractivity contribution in [3.63, 3.8) is 0 Å². The molecule has 0 spiro atoms. The number of aryl methyl sites for hydroxylation is 1. The van der Waals surface area contributed by atoms with Crippen LogP contribution in [0.2, 0.25) is 0 Å². The molecule has 1 amide bonds. The van der Waals surface area contributed by atoms with Gasteiger partial charge in [-0.05, 0) is 25.3 Å². The molecule has 1 fully saturated rings. The number of rotatable bonds is 5. The molecule has 0 bridgehead atoms. The molecule has 1 aromatic carbocycles. The first-order valence-corrected chi connectivity index (χ1v) is 7.12. The van der Waals surface area contributed by atoms with E-state index in [2.05, 4.69) is 10.2 Å². The van der Waals surface area contributed by atoms with E-state index in [0.717, 1.165) is 18.4 Å². The third-order valence-electron chi connectivity index (χ3n) is 3.74. The zero-order valence-corrected chi connectivity index (χ0v) is 12.2. The smallest absolute Gasteiger partial charge is 0.322 e. The van der Waals surface area contributed by atoms with Crippen molar-refractivity contribution in [2.24, 2.45) is 0 Å². The summed E-state index contributed by atoms with van der Waals surface area (Å²) in [7, 11) is 0. The van der Waals surface area contributed by atoms with Crippen LogP contribution in [0.1, 0.15) is 34.6 Å². The van der Waals surface area contributed by atoms with Crippen LogP contribution in [0.5, 0.6) is 0 Å². The molecule has 0 atom stereocenters. The van der Waals surface area contributed by atoms with Crippen molar-refractivity contribution in [1.29, 1.82) is 0 Å². The molecule has 1 aromatic heterocycles. The summed E-state index contributed by atoms with van der Waals surface area (Å²) < 4.78 is 0. The highest BCUT2D eigenvalue weighted by Gasteiger charge is 2.37. The van der Waals surface area contributed by atoms with Gasteiger partial charge in [0.25, 0.3) is 5.91 Å². The SMILES string of the molecule is Cc1[nH]nc(C(=O)N(Cc2ccccc2)C2CC2)c1[N+](=O)[O-]. The van der Waals surface area contributed by atoms with E-state index in [-0.39, 0.29) is 23.3 Å². The number of hydrogen-bond donors (Lipinski definition) is 1. The number of nitrogens with zero attached hydrogens (tertiary/aromatic N) is 3. The molecule has 3 rings (SSSR count). The van der Waals surface area contributed by atoms with E-state index in [1.54, 1.807) is 11.8 Å². The van der Waals surface area contributed by atoms with E-state index in [0.29, 0.717) is 12.2 Å². The zero-order valence-electron chi connectivity index (χ0n) is 12.2. The number of hydrogen-bond acceptors (Lipinski definition) is 4. The number of carbonyl (C=O) groups excluding carboxylic acids is 1. The summed E-state index contributed by atoms with van der Waals surface area (Å²) in [5.74, 6) is -0.387. The maximum atomic E-state index is 12.7. The predicted molar refractivity (Wildman–Crippen MR) is 79.3 cm³/mol. The number of amides is 1. The first-order chi connectivity index (χ1) is 10.6. The standard InChI is InChI=1S/C15H16N4O3/c1-10-14(19(21)22)13(17-16-10)15(20)18(12-7-8-12)9-11-5-3-2-4-6-11/h2-6,12H,7-9H2,1H3,(H,16,17). The highest BCUT2D eigenvalue weighted by Crippen LogP contribution is 2.31. The Balaban J connectivity index is 1.89. The molecule has 0 aliphatic heterocycles. The fraction of sp³-hybridized carbons (Fsp3) is 0.333. The van der Waals surface area contributed by atoms with Gasteiger partial charge in [-0.15, -0.1) is 0 Å². The third kappa shape index (κ3) is 2.69. The van der Waals surface area contributed by atoms with Crippen molar-refractivity contribution in [2.45, 2.75) is 32.4 Å². The lowest BCUT2D eigenvalue weighted by Gasteiger charge is -2.21. The van der Waals surface area contributed by atoms with Gasteiger partial charge in [0.15, 0.2) is 0 Å². The van der Waals surface area contributed by atoms with Crippen molar-refractivity contribution in [3.8, 4) is 0 Å². The van der Waals surface area contributed by atoms with Crippen molar-refractivity contribution < 1.29 is 9.72 Å². The van der Waals surface area contributed by atoms with Crippen molar-refractivity contribution in [1.82, 2.24) is 15.1 Å². The molecule has 1 heterocycles. The lowest BCUT2D eigenvalue weighted by molar-refractivity contribution is -0.385. The molecule has 7 nitrogen and oxygen atoms in total. The Bertz CT molecular complexity index is 707. The number of nitro groups is 1. The highest BCUT2D eigenvalue weighted by atomic mass is 16.6. The molecule has 0 unspecified atom stereocenters. The summed E-state index contributed by atoms with van der Waals surface area (Å²) in [6, 6.07) is 9.75. The fourth-order valence-electron chi connectivity index (χ4n) is 2.46. The Labute approximate surface area is 127 Å². The summed E-state index contributed by atoms with van der Waals surface area (Å²) in [5, 5.41) is 17.5. The summed E-state index contributed by atoms with van der Waals surface area (Å²) in [6.07, 6.45) is 1.85. The first kappa shape index (κ1) is 14.2. The van der Waals surface area contributed by atoms with Crippen LogP contribution in [0.4, 0.5) is 5.69 Å². The monoisotopic (exact) mass is 300 g/mol. The van der Waals surface area contributed by atoms with Gasteiger partial charge < -0.3 is 4.90 Å². The van der Waals surface area contributed by atoms with Crippen LogP contribution < -0.4 is 0 Å². The molecule has 1 aliphatic rings. The van der Waals surface area contributed by atoms with Gasteiger partial charge in [-0.3, -0.25) is 20.0 Å². The number of nitrogens with one attached hydrogen (secondary N) is 1.